The van der Waals surface area contributed by atoms with Gasteiger partial charge in [0.15, 0.2) is 0 Å². The average Bonchev–Trinajstić information content (AvgIpc) is 2.30. The van der Waals surface area contributed by atoms with Crippen molar-refractivity contribution in [1.29, 1.82) is 0 Å². The summed E-state index contributed by atoms with van der Waals surface area (Å²) in [6.45, 7) is 7.05. The molecule has 3 nitrogen and oxygen atoms in total. The first kappa shape index (κ1) is 11.9. The van der Waals surface area contributed by atoms with Gasteiger partial charge in [-0.05, 0) is 18.6 Å². The van der Waals surface area contributed by atoms with Crippen molar-refractivity contribution < 1.29 is 9.53 Å². The second-order valence-electron chi connectivity index (χ2n) is 3.72. The van der Waals surface area contributed by atoms with Gasteiger partial charge in [-0.2, -0.15) is 11.8 Å². The predicted octanol–water partition coefficient (Wildman–Crippen LogP) is 1.23. The molecule has 0 N–H and O–H groups in total. The maximum atomic E-state index is 11.3. The third-order valence-corrected chi connectivity index (χ3v) is 3.46. The van der Waals surface area contributed by atoms with Gasteiger partial charge in [0.05, 0.1) is 13.2 Å². The zero-order chi connectivity index (χ0) is 10.4. The summed E-state index contributed by atoms with van der Waals surface area (Å²) in [5, 5.41) is 0. The van der Waals surface area contributed by atoms with E-state index in [1.54, 1.807) is 0 Å². The summed E-state index contributed by atoms with van der Waals surface area (Å²) in [6, 6.07) is 0. The molecule has 1 saturated heterocycles. The number of thioether (sulfide) groups is 1. The number of nitrogens with zero attached hydrogens (tertiary/aromatic N) is 1. The fourth-order valence-electron chi connectivity index (χ4n) is 1.60. The van der Waals surface area contributed by atoms with Gasteiger partial charge in [-0.15, -0.1) is 0 Å². The lowest BCUT2D eigenvalue weighted by Crippen LogP contribution is -2.34. The molecule has 0 aromatic rings. The number of carbonyl (C=O) groups excluding carboxylic acids is 1. The molecule has 82 valence electrons. The molecule has 0 aromatic heterocycles. The van der Waals surface area contributed by atoms with Gasteiger partial charge in [-0.3, -0.25) is 9.69 Å². The maximum Gasteiger partial charge on any atom is 0.320 e. The summed E-state index contributed by atoms with van der Waals surface area (Å²) >= 11 is 1.97. The van der Waals surface area contributed by atoms with Gasteiger partial charge in [0.1, 0.15) is 0 Å². The molecule has 14 heavy (non-hydrogen) atoms. The zero-order valence-corrected chi connectivity index (χ0v) is 9.81. The van der Waals surface area contributed by atoms with E-state index in [-0.39, 0.29) is 5.97 Å². The summed E-state index contributed by atoms with van der Waals surface area (Å²) in [5.74, 6) is 2.92. The highest BCUT2D eigenvalue weighted by molar-refractivity contribution is 7.99. The van der Waals surface area contributed by atoms with Gasteiger partial charge >= 0.3 is 5.97 Å². The number of carbonyl (C=O) groups is 1. The molecule has 0 aliphatic carbocycles. The number of ether oxygens (including phenoxy) is 1. The van der Waals surface area contributed by atoms with E-state index in [0.29, 0.717) is 19.1 Å². The Bertz CT molecular complexity index is 187. The summed E-state index contributed by atoms with van der Waals surface area (Å²) in [7, 11) is 0. The minimum absolute atomic E-state index is 0.0911. The normalized spacial score (nSPS) is 24.3. The van der Waals surface area contributed by atoms with Gasteiger partial charge < -0.3 is 4.74 Å². The van der Waals surface area contributed by atoms with Crippen molar-refractivity contribution in [2.45, 2.75) is 13.8 Å². The molecule has 0 unspecified atom stereocenters. The molecule has 0 radical (unpaired) electrons. The molecule has 0 bridgehead atoms. The average molecular weight is 217 g/mol. The molecule has 1 heterocycles. The van der Waals surface area contributed by atoms with E-state index in [9.17, 15) is 4.79 Å². The molecule has 1 aliphatic heterocycles. The van der Waals surface area contributed by atoms with E-state index in [4.69, 9.17) is 4.74 Å². The van der Waals surface area contributed by atoms with Crippen LogP contribution in [-0.2, 0) is 9.53 Å². The van der Waals surface area contributed by atoms with Crippen molar-refractivity contribution in [3.63, 3.8) is 0 Å². The van der Waals surface area contributed by atoms with E-state index in [2.05, 4.69) is 11.8 Å². The molecule has 1 fully saturated rings. The Kier molecular flexibility index (Phi) is 5.33. The van der Waals surface area contributed by atoms with Gasteiger partial charge in [0, 0.05) is 18.8 Å². The Morgan fingerprint density at radius 1 is 1.64 bits per heavy atom. The number of rotatable bonds is 3. The molecule has 1 atom stereocenters. The van der Waals surface area contributed by atoms with Crippen molar-refractivity contribution in [2.24, 2.45) is 5.92 Å². The van der Waals surface area contributed by atoms with Crippen molar-refractivity contribution in [3.8, 4) is 0 Å². The Morgan fingerprint density at radius 2 is 2.43 bits per heavy atom. The smallest absolute Gasteiger partial charge is 0.320 e. The van der Waals surface area contributed by atoms with E-state index in [0.717, 1.165) is 18.8 Å². The van der Waals surface area contributed by atoms with Crippen LogP contribution in [0.1, 0.15) is 13.8 Å². The van der Waals surface area contributed by atoms with Crippen LogP contribution in [0.25, 0.3) is 0 Å². The molecule has 0 aromatic carbocycles. The fourth-order valence-corrected chi connectivity index (χ4v) is 2.66. The first-order valence-corrected chi connectivity index (χ1v) is 6.33. The van der Waals surface area contributed by atoms with Crippen LogP contribution in [0.3, 0.4) is 0 Å². The van der Waals surface area contributed by atoms with E-state index in [1.807, 2.05) is 18.7 Å². The molecule has 4 heteroatoms. The Labute approximate surface area is 90.2 Å². The molecule has 0 amide bonds. The van der Waals surface area contributed by atoms with Crippen LogP contribution in [0, 0.1) is 5.92 Å². The third kappa shape index (κ3) is 4.33. The van der Waals surface area contributed by atoms with Crippen LogP contribution in [0.5, 0.6) is 0 Å². The predicted molar refractivity (Wildman–Crippen MR) is 59.6 cm³/mol. The summed E-state index contributed by atoms with van der Waals surface area (Å²) in [4.78, 5) is 13.5. The minimum Gasteiger partial charge on any atom is -0.465 e. The van der Waals surface area contributed by atoms with Crippen molar-refractivity contribution in [3.05, 3.63) is 0 Å². The Balaban J connectivity index is 2.31. The Hall–Kier alpha value is -0.220. The largest absolute Gasteiger partial charge is 0.465 e. The lowest BCUT2D eigenvalue weighted by atomic mass is 10.2. The van der Waals surface area contributed by atoms with E-state index in [1.165, 1.54) is 5.75 Å². The number of hydrogen-bond acceptors (Lipinski definition) is 4. The lowest BCUT2D eigenvalue weighted by Gasteiger charge is -2.20. The fraction of sp³-hybridized carbons (Fsp3) is 0.900. The summed E-state index contributed by atoms with van der Waals surface area (Å²) in [6.07, 6.45) is 0. The Morgan fingerprint density at radius 3 is 3.14 bits per heavy atom. The number of hydrogen-bond donors (Lipinski definition) is 0. The lowest BCUT2D eigenvalue weighted by molar-refractivity contribution is -0.144. The third-order valence-electron chi connectivity index (χ3n) is 2.18. The molecule has 1 rings (SSSR count). The highest BCUT2D eigenvalue weighted by atomic mass is 32.2. The molecule has 1 aliphatic rings. The second-order valence-corrected chi connectivity index (χ2v) is 4.87. The topological polar surface area (TPSA) is 29.5 Å². The standard InChI is InChI=1S/C10H19NO2S/c1-3-13-10(12)7-11-4-5-14-8-9(2)6-11/h9H,3-8H2,1-2H3/t9-/m0/s1. The van der Waals surface area contributed by atoms with Gasteiger partial charge in [-0.25, -0.2) is 0 Å². The summed E-state index contributed by atoms with van der Waals surface area (Å²) < 4.78 is 4.93. The van der Waals surface area contributed by atoms with Crippen LogP contribution in [-0.4, -0.2) is 48.6 Å². The van der Waals surface area contributed by atoms with Crippen LogP contribution in [0.15, 0.2) is 0 Å². The number of esters is 1. The highest BCUT2D eigenvalue weighted by Crippen LogP contribution is 2.14. The molecular weight excluding hydrogens is 198 g/mol. The second kappa shape index (κ2) is 6.30. The first-order chi connectivity index (χ1) is 6.72. The van der Waals surface area contributed by atoms with Crippen LogP contribution >= 0.6 is 11.8 Å². The van der Waals surface area contributed by atoms with Crippen molar-refractivity contribution in [1.82, 2.24) is 4.90 Å². The van der Waals surface area contributed by atoms with Crippen LogP contribution in [0.4, 0.5) is 0 Å². The van der Waals surface area contributed by atoms with Gasteiger partial charge in [0.2, 0.25) is 0 Å². The minimum atomic E-state index is -0.0911. The maximum absolute atomic E-state index is 11.3. The van der Waals surface area contributed by atoms with E-state index >= 15 is 0 Å². The highest BCUT2D eigenvalue weighted by Gasteiger charge is 2.17. The van der Waals surface area contributed by atoms with Crippen LogP contribution < -0.4 is 0 Å². The summed E-state index contributed by atoms with van der Waals surface area (Å²) in [5.41, 5.74) is 0. The molecule has 0 spiro atoms. The van der Waals surface area contributed by atoms with Gasteiger partial charge in [-0.1, -0.05) is 6.92 Å². The first-order valence-electron chi connectivity index (χ1n) is 5.18. The van der Waals surface area contributed by atoms with Crippen molar-refractivity contribution in [2.75, 3.05) is 37.7 Å². The monoisotopic (exact) mass is 217 g/mol. The molecular formula is C10H19NO2S. The SMILES string of the molecule is CCOC(=O)CN1CCSC[C@@H](C)C1. The van der Waals surface area contributed by atoms with Crippen LogP contribution in [0.2, 0.25) is 0 Å². The van der Waals surface area contributed by atoms with Crippen molar-refractivity contribution >= 4 is 17.7 Å². The quantitative estimate of drug-likeness (QED) is 0.665. The molecule has 0 saturated carbocycles. The zero-order valence-electron chi connectivity index (χ0n) is 8.99. The van der Waals surface area contributed by atoms with Gasteiger partial charge in [0.25, 0.3) is 0 Å². The van der Waals surface area contributed by atoms with E-state index < -0.39 is 0 Å².